The number of imidazole rings is 1. The SMILES string of the molecule is O=C(CCCN1C(=O)c2ccccc2C1=O)Nc1ccc(-c2cnc[nH]2)cc1. The van der Waals surface area contributed by atoms with Gasteiger partial charge in [-0.1, -0.05) is 24.3 Å². The summed E-state index contributed by atoms with van der Waals surface area (Å²) in [6.07, 6.45) is 3.96. The molecular formula is C21H18N4O3. The maximum absolute atomic E-state index is 12.3. The smallest absolute Gasteiger partial charge is 0.261 e. The van der Waals surface area contributed by atoms with Crippen LogP contribution in [0, 0.1) is 0 Å². The molecule has 1 aliphatic heterocycles. The van der Waals surface area contributed by atoms with Gasteiger partial charge in [0.05, 0.1) is 29.3 Å². The third kappa shape index (κ3) is 3.42. The number of rotatable bonds is 6. The Morgan fingerprint density at radius 3 is 2.29 bits per heavy atom. The number of hydrogen-bond acceptors (Lipinski definition) is 4. The molecule has 1 aliphatic rings. The van der Waals surface area contributed by atoms with Gasteiger partial charge in [0.2, 0.25) is 5.91 Å². The normalized spacial score (nSPS) is 12.9. The summed E-state index contributed by atoms with van der Waals surface area (Å²) in [6.45, 7) is 0.221. The molecule has 0 unspecified atom stereocenters. The predicted octanol–water partition coefficient (Wildman–Crippen LogP) is 3.09. The standard InChI is InChI=1S/C21H18N4O3/c26-19(24-15-9-7-14(8-10-15)18-12-22-13-23-18)6-3-11-25-20(27)16-4-1-2-5-17(16)21(25)28/h1-2,4-5,7-10,12-13H,3,6,11H2,(H,22,23)(H,24,26). The van der Waals surface area contributed by atoms with Gasteiger partial charge in [-0.3, -0.25) is 19.3 Å². The minimum absolute atomic E-state index is 0.161. The van der Waals surface area contributed by atoms with E-state index in [1.807, 2.05) is 24.3 Å². The van der Waals surface area contributed by atoms with E-state index in [2.05, 4.69) is 15.3 Å². The number of imide groups is 1. The number of carbonyl (C=O) groups is 3. The van der Waals surface area contributed by atoms with Crippen LogP contribution < -0.4 is 5.32 Å². The molecule has 28 heavy (non-hydrogen) atoms. The number of carbonyl (C=O) groups excluding carboxylic acids is 3. The second-order valence-electron chi connectivity index (χ2n) is 6.50. The molecule has 2 N–H and O–H groups in total. The van der Waals surface area contributed by atoms with Crippen LogP contribution in [0.2, 0.25) is 0 Å². The zero-order chi connectivity index (χ0) is 19.5. The van der Waals surface area contributed by atoms with Crippen molar-refractivity contribution in [1.29, 1.82) is 0 Å². The minimum Gasteiger partial charge on any atom is -0.345 e. The third-order valence-electron chi connectivity index (χ3n) is 4.64. The zero-order valence-electron chi connectivity index (χ0n) is 15.0. The van der Waals surface area contributed by atoms with Crippen molar-refractivity contribution in [2.75, 3.05) is 11.9 Å². The third-order valence-corrected chi connectivity index (χ3v) is 4.64. The fraction of sp³-hybridized carbons (Fsp3) is 0.143. The minimum atomic E-state index is -0.296. The van der Waals surface area contributed by atoms with E-state index in [1.54, 1.807) is 36.8 Å². The number of benzene rings is 2. The molecule has 3 amide bonds. The molecule has 1 aromatic heterocycles. The first-order valence-corrected chi connectivity index (χ1v) is 8.97. The Morgan fingerprint density at radius 1 is 1.00 bits per heavy atom. The molecule has 0 spiro atoms. The van der Waals surface area contributed by atoms with Crippen molar-refractivity contribution < 1.29 is 14.4 Å². The highest BCUT2D eigenvalue weighted by molar-refractivity contribution is 6.21. The van der Waals surface area contributed by atoms with Gasteiger partial charge in [0.25, 0.3) is 11.8 Å². The van der Waals surface area contributed by atoms with E-state index >= 15 is 0 Å². The average Bonchev–Trinajstić information content (AvgIpc) is 3.32. The number of aromatic amines is 1. The molecule has 3 aromatic rings. The van der Waals surface area contributed by atoms with Crippen LogP contribution in [-0.2, 0) is 4.79 Å². The van der Waals surface area contributed by atoms with Crippen LogP contribution in [0.5, 0.6) is 0 Å². The van der Waals surface area contributed by atoms with Gasteiger partial charge < -0.3 is 10.3 Å². The molecule has 0 fully saturated rings. The van der Waals surface area contributed by atoms with Crippen molar-refractivity contribution in [2.45, 2.75) is 12.8 Å². The highest BCUT2D eigenvalue weighted by atomic mass is 16.2. The predicted molar refractivity (Wildman–Crippen MR) is 104 cm³/mol. The molecule has 2 aromatic carbocycles. The van der Waals surface area contributed by atoms with E-state index in [9.17, 15) is 14.4 Å². The van der Waals surface area contributed by atoms with E-state index in [0.717, 1.165) is 11.3 Å². The summed E-state index contributed by atoms with van der Waals surface area (Å²) in [4.78, 5) is 45.0. The summed E-state index contributed by atoms with van der Waals surface area (Å²) in [5.41, 5.74) is 3.41. The molecular weight excluding hydrogens is 356 g/mol. The Labute approximate surface area is 161 Å². The lowest BCUT2D eigenvalue weighted by Gasteiger charge is -2.13. The molecule has 2 heterocycles. The highest BCUT2D eigenvalue weighted by Crippen LogP contribution is 2.23. The van der Waals surface area contributed by atoms with Crippen molar-refractivity contribution in [3.05, 3.63) is 72.2 Å². The molecule has 0 radical (unpaired) electrons. The fourth-order valence-corrected chi connectivity index (χ4v) is 3.21. The maximum atomic E-state index is 12.3. The molecule has 0 saturated carbocycles. The number of nitrogens with one attached hydrogen (secondary N) is 2. The van der Waals surface area contributed by atoms with Crippen molar-refractivity contribution in [3.63, 3.8) is 0 Å². The molecule has 7 heteroatoms. The quantitative estimate of drug-likeness (QED) is 0.648. The summed E-state index contributed by atoms with van der Waals surface area (Å²) in [5.74, 6) is -0.753. The van der Waals surface area contributed by atoms with Gasteiger partial charge in [-0.05, 0) is 36.2 Å². The Morgan fingerprint density at radius 2 is 1.68 bits per heavy atom. The van der Waals surface area contributed by atoms with E-state index in [4.69, 9.17) is 0 Å². The van der Waals surface area contributed by atoms with Crippen LogP contribution in [-0.4, -0.2) is 39.1 Å². The van der Waals surface area contributed by atoms with Gasteiger partial charge in [-0.15, -0.1) is 0 Å². The lowest BCUT2D eigenvalue weighted by Crippen LogP contribution is -2.31. The summed E-state index contributed by atoms with van der Waals surface area (Å²) in [6, 6.07) is 14.2. The van der Waals surface area contributed by atoms with Crippen molar-refractivity contribution >= 4 is 23.4 Å². The van der Waals surface area contributed by atoms with Crippen molar-refractivity contribution in [3.8, 4) is 11.3 Å². The number of nitrogens with zero attached hydrogens (tertiary/aromatic N) is 2. The number of aromatic nitrogens is 2. The first-order chi connectivity index (χ1) is 13.6. The lowest BCUT2D eigenvalue weighted by molar-refractivity contribution is -0.116. The van der Waals surface area contributed by atoms with Crippen LogP contribution in [0.3, 0.4) is 0 Å². The second-order valence-corrected chi connectivity index (χ2v) is 6.50. The molecule has 140 valence electrons. The largest absolute Gasteiger partial charge is 0.345 e. The molecule has 4 rings (SSSR count). The number of anilines is 1. The molecule has 0 bridgehead atoms. The summed E-state index contributed by atoms with van der Waals surface area (Å²) in [7, 11) is 0. The first-order valence-electron chi connectivity index (χ1n) is 8.97. The van der Waals surface area contributed by atoms with Gasteiger partial charge in [0.1, 0.15) is 0 Å². The van der Waals surface area contributed by atoms with Crippen molar-refractivity contribution in [2.24, 2.45) is 0 Å². The molecule has 7 nitrogen and oxygen atoms in total. The number of amides is 3. The van der Waals surface area contributed by atoms with E-state index in [1.165, 1.54) is 4.90 Å². The number of fused-ring (bicyclic) bond motifs is 1. The summed E-state index contributed by atoms with van der Waals surface area (Å²) >= 11 is 0. The van der Waals surface area contributed by atoms with Crippen LogP contribution in [0.15, 0.2) is 61.1 Å². The number of H-pyrrole nitrogens is 1. The maximum Gasteiger partial charge on any atom is 0.261 e. The Hall–Kier alpha value is -3.74. The van der Waals surface area contributed by atoms with Gasteiger partial charge in [-0.2, -0.15) is 0 Å². The molecule has 0 saturated heterocycles. The summed E-state index contributed by atoms with van der Waals surface area (Å²) in [5, 5.41) is 2.83. The summed E-state index contributed by atoms with van der Waals surface area (Å²) < 4.78 is 0. The Bertz CT molecular complexity index is 991. The molecule has 0 atom stereocenters. The van der Waals surface area contributed by atoms with Crippen LogP contribution in [0.1, 0.15) is 33.6 Å². The van der Waals surface area contributed by atoms with Gasteiger partial charge in [-0.25, -0.2) is 4.98 Å². The average molecular weight is 374 g/mol. The topological polar surface area (TPSA) is 95.2 Å². The monoisotopic (exact) mass is 374 g/mol. The molecule has 0 aliphatic carbocycles. The zero-order valence-corrected chi connectivity index (χ0v) is 15.0. The van der Waals surface area contributed by atoms with Crippen LogP contribution in [0.25, 0.3) is 11.3 Å². The van der Waals surface area contributed by atoms with E-state index in [0.29, 0.717) is 23.2 Å². The first kappa shape index (κ1) is 17.7. The Balaban J connectivity index is 1.28. The fourth-order valence-electron chi connectivity index (χ4n) is 3.21. The van der Waals surface area contributed by atoms with E-state index < -0.39 is 0 Å². The van der Waals surface area contributed by atoms with Gasteiger partial charge in [0.15, 0.2) is 0 Å². The van der Waals surface area contributed by atoms with Crippen molar-refractivity contribution in [1.82, 2.24) is 14.9 Å². The van der Waals surface area contributed by atoms with Crippen LogP contribution in [0.4, 0.5) is 5.69 Å². The van der Waals surface area contributed by atoms with E-state index in [-0.39, 0.29) is 30.7 Å². The van der Waals surface area contributed by atoms with Crippen LogP contribution >= 0.6 is 0 Å². The Kier molecular flexibility index (Phi) is 4.72. The second kappa shape index (κ2) is 7.48. The van der Waals surface area contributed by atoms with Gasteiger partial charge >= 0.3 is 0 Å². The highest BCUT2D eigenvalue weighted by Gasteiger charge is 2.34. The number of hydrogen-bond donors (Lipinski definition) is 2. The lowest BCUT2D eigenvalue weighted by atomic mass is 10.1. The van der Waals surface area contributed by atoms with Gasteiger partial charge in [0, 0.05) is 18.7 Å².